The fraction of sp³-hybridized carbons (Fsp3) is 0.640. The van der Waals surface area contributed by atoms with Crippen LogP contribution in [0.4, 0.5) is 0 Å². The standard InChI is InChI=1S/C50H80N10O18S/c1-9-26(8)40(60-41(68)29(51)14-23(2)3)49(76)55-31(17-27-10-12-28(63)13-11-27)43(70)53-33(19-39(66)67)45(72)57-36(21-62)47(74)58-35(20-61)46(73)52-30(15-24(4)5)42(69)59-37(22-79)48(75)54-32(18-38(64)65)44(71)56-34(50(77)78)16-25(6)7/h10-13,23-26,29-37,40,61-63,79H,9,14-22,51H2,1-8H3,(H,52,73)(H,53,70)(H,54,75)(H,55,76)(H,56,71)(H,57,72)(H,58,74)(H,59,69)(H,60,68)(H,64,65)(H,66,67)(H,77,78)/t26-,29-,30-,31-,32-,33-,34-,35-,36-,37-,40-/m0/s1. The van der Waals surface area contributed by atoms with E-state index < -0.39 is 169 Å². The van der Waals surface area contributed by atoms with E-state index in [4.69, 9.17) is 5.73 Å². The van der Waals surface area contributed by atoms with Crippen LogP contribution in [-0.2, 0) is 64.0 Å². The van der Waals surface area contributed by atoms with Gasteiger partial charge in [0.2, 0.25) is 53.2 Å². The molecule has 0 aliphatic heterocycles. The fourth-order valence-corrected chi connectivity index (χ4v) is 7.82. The molecule has 444 valence electrons. The summed E-state index contributed by atoms with van der Waals surface area (Å²) >= 11 is 4.09. The van der Waals surface area contributed by atoms with E-state index in [9.17, 15) is 88.2 Å². The number of aliphatic hydroxyl groups excluding tert-OH is 2. The summed E-state index contributed by atoms with van der Waals surface area (Å²) in [5, 5.41) is 79.7. The van der Waals surface area contributed by atoms with Gasteiger partial charge in [-0.2, -0.15) is 12.6 Å². The number of benzene rings is 1. The summed E-state index contributed by atoms with van der Waals surface area (Å²) in [5.74, 6) is -15.9. The maximum atomic E-state index is 14.0. The first-order chi connectivity index (χ1) is 36.9. The fourth-order valence-electron chi connectivity index (χ4n) is 7.57. The molecule has 0 saturated heterocycles. The second-order valence-electron chi connectivity index (χ2n) is 20.3. The molecule has 1 aromatic rings. The molecule has 0 saturated carbocycles. The van der Waals surface area contributed by atoms with E-state index >= 15 is 0 Å². The van der Waals surface area contributed by atoms with Crippen LogP contribution in [0.2, 0.25) is 0 Å². The molecule has 0 bridgehead atoms. The lowest BCUT2D eigenvalue weighted by Gasteiger charge is -2.29. The van der Waals surface area contributed by atoms with Crippen LogP contribution in [0.15, 0.2) is 24.3 Å². The first-order valence-electron chi connectivity index (χ1n) is 25.6. The van der Waals surface area contributed by atoms with E-state index in [0.29, 0.717) is 18.4 Å². The van der Waals surface area contributed by atoms with Crippen LogP contribution in [0, 0.1) is 23.7 Å². The number of hydrogen-bond acceptors (Lipinski definition) is 17. The number of rotatable bonds is 36. The highest BCUT2D eigenvalue weighted by atomic mass is 32.1. The van der Waals surface area contributed by atoms with Gasteiger partial charge < -0.3 is 84.2 Å². The third-order valence-corrected chi connectivity index (χ3v) is 12.4. The second-order valence-corrected chi connectivity index (χ2v) is 20.7. The Balaban J connectivity index is 3.36. The molecule has 0 radical (unpaired) electrons. The summed E-state index contributed by atoms with van der Waals surface area (Å²) in [6, 6.07) is -10.5. The van der Waals surface area contributed by atoms with E-state index in [2.05, 4.69) is 60.5 Å². The number of nitrogens with one attached hydrogen (secondary N) is 9. The number of amides is 9. The van der Waals surface area contributed by atoms with Gasteiger partial charge in [0.25, 0.3) is 0 Å². The monoisotopic (exact) mass is 1140 g/mol. The van der Waals surface area contributed by atoms with Gasteiger partial charge in [0.1, 0.15) is 60.1 Å². The number of hydrogen-bond donors (Lipinski definition) is 17. The Bertz CT molecular complexity index is 2270. The zero-order valence-electron chi connectivity index (χ0n) is 45.6. The average Bonchev–Trinajstić information content (AvgIpc) is 3.35. The number of thiol groups is 1. The topological polar surface area (TPSA) is 461 Å². The third kappa shape index (κ3) is 25.5. The van der Waals surface area contributed by atoms with Crippen molar-refractivity contribution in [3.05, 3.63) is 29.8 Å². The minimum absolute atomic E-state index is 0.0284. The van der Waals surface area contributed by atoms with Gasteiger partial charge in [-0.05, 0) is 60.6 Å². The van der Waals surface area contributed by atoms with Gasteiger partial charge in [-0.1, -0.05) is 73.9 Å². The molecule has 9 amide bonds. The van der Waals surface area contributed by atoms with Crippen molar-refractivity contribution in [2.45, 2.75) is 161 Å². The number of carboxylic acids is 3. The molecule has 1 aromatic carbocycles. The summed E-state index contributed by atoms with van der Waals surface area (Å²) in [7, 11) is 0. The zero-order valence-corrected chi connectivity index (χ0v) is 46.5. The molecular weight excluding hydrogens is 1060 g/mol. The van der Waals surface area contributed by atoms with Gasteiger partial charge in [-0.15, -0.1) is 0 Å². The molecule has 0 aliphatic rings. The smallest absolute Gasteiger partial charge is 0.326 e. The number of aliphatic carboxylic acids is 3. The minimum Gasteiger partial charge on any atom is -0.508 e. The second kappa shape index (κ2) is 34.7. The SMILES string of the molecule is CC[C@H](C)[C@H](NC(=O)[C@@H](N)CC(C)C)C(=O)N[C@@H](Cc1ccc(O)cc1)C(=O)N[C@@H](CC(=O)O)C(=O)N[C@@H](CO)C(=O)N[C@@H](CO)C(=O)N[C@@H](CC(C)C)C(=O)N[C@@H](CS)C(=O)N[C@@H](CC(=O)O)C(=O)N[C@@H](CC(C)C)C(=O)O. The Kier molecular flexibility index (Phi) is 30.7. The number of aromatic hydroxyl groups is 1. The molecule has 79 heavy (non-hydrogen) atoms. The van der Waals surface area contributed by atoms with E-state index in [-0.39, 0.29) is 42.8 Å². The number of aliphatic hydroxyl groups is 2. The lowest BCUT2D eigenvalue weighted by Crippen LogP contribution is -2.62. The van der Waals surface area contributed by atoms with Gasteiger partial charge in [0.05, 0.1) is 32.1 Å². The summed E-state index contributed by atoms with van der Waals surface area (Å²) in [6.07, 6.45) is -1.87. The van der Waals surface area contributed by atoms with Crippen molar-refractivity contribution in [1.82, 2.24) is 47.9 Å². The number of carbonyl (C=O) groups excluding carboxylic acids is 9. The van der Waals surface area contributed by atoms with E-state index in [1.165, 1.54) is 24.3 Å². The van der Waals surface area contributed by atoms with Crippen LogP contribution in [0.3, 0.4) is 0 Å². The van der Waals surface area contributed by atoms with Gasteiger partial charge in [0.15, 0.2) is 0 Å². The predicted octanol–water partition coefficient (Wildman–Crippen LogP) is -3.24. The Morgan fingerprint density at radius 1 is 0.468 bits per heavy atom. The lowest BCUT2D eigenvalue weighted by atomic mass is 9.96. The molecule has 0 unspecified atom stereocenters. The van der Waals surface area contributed by atoms with Gasteiger partial charge in [0, 0.05) is 12.2 Å². The summed E-state index contributed by atoms with van der Waals surface area (Å²) in [6.45, 7) is 11.5. The minimum atomic E-state index is -2.00. The largest absolute Gasteiger partial charge is 0.508 e. The van der Waals surface area contributed by atoms with Crippen LogP contribution in [0.25, 0.3) is 0 Å². The quantitative estimate of drug-likeness (QED) is 0.0294. The molecule has 11 atom stereocenters. The van der Waals surface area contributed by atoms with E-state index in [1.54, 1.807) is 41.5 Å². The number of phenols is 1. The van der Waals surface area contributed by atoms with Crippen LogP contribution in [-0.4, -0.2) is 181 Å². The van der Waals surface area contributed by atoms with Crippen molar-refractivity contribution in [3.63, 3.8) is 0 Å². The average molecular weight is 1140 g/mol. The number of carbonyl (C=O) groups is 12. The molecule has 0 aromatic heterocycles. The molecule has 1 rings (SSSR count). The highest BCUT2D eigenvalue weighted by Gasteiger charge is 2.37. The molecule has 0 spiro atoms. The predicted molar refractivity (Wildman–Crippen MR) is 285 cm³/mol. The van der Waals surface area contributed by atoms with E-state index in [1.807, 2.05) is 13.8 Å². The summed E-state index contributed by atoms with van der Waals surface area (Å²) in [5.41, 5.74) is 6.45. The van der Waals surface area contributed by atoms with Crippen molar-refractivity contribution in [1.29, 1.82) is 0 Å². The third-order valence-electron chi connectivity index (χ3n) is 12.0. The Morgan fingerprint density at radius 3 is 1.23 bits per heavy atom. The molecule has 0 heterocycles. The molecular formula is C50H80N10O18S. The van der Waals surface area contributed by atoms with Crippen molar-refractivity contribution < 1.29 is 88.2 Å². The molecule has 17 N–H and O–H groups in total. The Morgan fingerprint density at radius 2 is 0.823 bits per heavy atom. The molecule has 29 heteroatoms. The van der Waals surface area contributed by atoms with Crippen molar-refractivity contribution in [2.24, 2.45) is 29.4 Å². The van der Waals surface area contributed by atoms with E-state index in [0.717, 1.165) is 0 Å². The number of carboxylic acid groups (broad SMARTS) is 3. The van der Waals surface area contributed by atoms with Crippen LogP contribution in [0.1, 0.15) is 99.5 Å². The van der Waals surface area contributed by atoms with Crippen LogP contribution < -0.4 is 53.6 Å². The first kappa shape index (κ1) is 69.9. The van der Waals surface area contributed by atoms with Crippen LogP contribution in [0.5, 0.6) is 5.75 Å². The molecule has 28 nitrogen and oxygen atoms in total. The maximum Gasteiger partial charge on any atom is 0.326 e. The summed E-state index contributed by atoms with van der Waals surface area (Å²) < 4.78 is 0. The lowest BCUT2D eigenvalue weighted by molar-refractivity contribution is -0.144. The van der Waals surface area contributed by atoms with Crippen molar-refractivity contribution >= 4 is 83.7 Å². The van der Waals surface area contributed by atoms with Crippen molar-refractivity contribution in [3.8, 4) is 5.75 Å². The van der Waals surface area contributed by atoms with Crippen LogP contribution >= 0.6 is 12.6 Å². The highest BCUT2D eigenvalue weighted by Crippen LogP contribution is 2.15. The molecule has 0 aliphatic carbocycles. The van der Waals surface area contributed by atoms with Gasteiger partial charge in [-0.3, -0.25) is 52.7 Å². The zero-order chi connectivity index (χ0) is 60.4. The van der Waals surface area contributed by atoms with Gasteiger partial charge in [-0.25, -0.2) is 4.79 Å². The summed E-state index contributed by atoms with van der Waals surface area (Å²) in [4.78, 5) is 157. The Labute approximate surface area is 463 Å². The first-order valence-corrected chi connectivity index (χ1v) is 26.3. The van der Waals surface area contributed by atoms with Crippen molar-refractivity contribution in [2.75, 3.05) is 19.0 Å². The Hall–Kier alpha value is -7.11. The maximum absolute atomic E-state index is 14.0. The highest BCUT2D eigenvalue weighted by molar-refractivity contribution is 7.80. The number of phenolic OH excluding ortho intramolecular Hbond substituents is 1. The number of nitrogens with two attached hydrogens (primary N) is 1. The normalized spacial score (nSPS) is 15.4. The van der Waals surface area contributed by atoms with Gasteiger partial charge >= 0.3 is 17.9 Å². The molecule has 0 fully saturated rings.